The molecule has 1 aromatic heterocycles. The fourth-order valence-corrected chi connectivity index (χ4v) is 1.79. The Morgan fingerprint density at radius 1 is 1.00 bits per heavy atom. The highest BCUT2D eigenvalue weighted by molar-refractivity contribution is 5.27. The van der Waals surface area contributed by atoms with Gasteiger partial charge in [-0.3, -0.25) is 0 Å². The van der Waals surface area contributed by atoms with E-state index in [0.29, 0.717) is 12.8 Å². The molecule has 0 aromatic carbocycles. The zero-order valence-corrected chi connectivity index (χ0v) is 12.5. The van der Waals surface area contributed by atoms with Gasteiger partial charge in [0.25, 0.3) is 0 Å². The molecule has 0 amide bonds. The quantitative estimate of drug-likeness (QED) is 0.676. The molecule has 21 heavy (non-hydrogen) atoms. The Labute approximate surface area is 126 Å². The van der Waals surface area contributed by atoms with Crippen LogP contribution in [0.3, 0.4) is 0 Å². The van der Waals surface area contributed by atoms with Crippen LogP contribution in [0, 0.1) is 0 Å². The first-order chi connectivity index (χ1) is 10.2. The van der Waals surface area contributed by atoms with Crippen molar-refractivity contribution in [1.29, 1.82) is 0 Å². The van der Waals surface area contributed by atoms with Crippen molar-refractivity contribution in [2.75, 3.05) is 0 Å². The van der Waals surface area contributed by atoms with Crippen LogP contribution in [-0.2, 0) is 12.8 Å². The Hall–Kier alpha value is -2.55. The van der Waals surface area contributed by atoms with E-state index in [9.17, 15) is 0 Å². The van der Waals surface area contributed by atoms with Gasteiger partial charge in [0.15, 0.2) is 0 Å². The molecule has 0 saturated heterocycles. The van der Waals surface area contributed by atoms with Gasteiger partial charge in [-0.05, 0) is 18.1 Å². The van der Waals surface area contributed by atoms with Crippen molar-refractivity contribution in [3.05, 3.63) is 91.4 Å². The first-order valence-corrected chi connectivity index (χ1v) is 6.78. The summed E-state index contributed by atoms with van der Waals surface area (Å²) in [5, 5.41) is 0. The molecule has 3 heteroatoms. The minimum Gasteiger partial charge on any atom is -0.221 e. The Balaban J connectivity index is 2.92. The summed E-state index contributed by atoms with van der Waals surface area (Å²) in [5.74, 6) is 1.47. The molecular weight excluding hydrogens is 258 g/mol. The van der Waals surface area contributed by atoms with Gasteiger partial charge in [-0.2, -0.15) is 0 Å². The van der Waals surface area contributed by atoms with Crippen LogP contribution in [0.1, 0.15) is 18.6 Å². The molecule has 0 bridgehead atoms. The van der Waals surface area contributed by atoms with Crippen LogP contribution in [0.4, 0.5) is 0 Å². The van der Waals surface area contributed by atoms with E-state index in [2.05, 4.69) is 34.7 Å². The summed E-state index contributed by atoms with van der Waals surface area (Å²) in [6, 6.07) is 0. The first kappa shape index (κ1) is 16.5. The standard InChI is InChI=1S/C18H21N3/c1-5-9-15(8-4)12-17-19-14-20-18(21-17)13-16(10-6-2)11-7-3/h5-11,14H,1-2,4,12-13H2,3H3/b11-7-,15-9+,16-10+. The molecular formula is C18H21N3. The maximum absolute atomic E-state index is 4.49. The largest absolute Gasteiger partial charge is 0.221 e. The SMILES string of the molecule is C=C/C=C(\C=C)Cc1ncnc(CC(/C=C\C)=C/C=C)n1. The van der Waals surface area contributed by atoms with Crippen molar-refractivity contribution in [2.24, 2.45) is 0 Å². The third kappa shape index (κ3) is 5.95. The monoisotopic (exact) mass is 279 g/mol. The molecule has 0 N–H and O–H groups in total. The lowest BCUT2D eigenvalue weighted by Crippen LogP contribution is -2.04. The van der Waals surface area contributed by atoms with Crippen molar-refractivity contribution < 1.29 is 0 Å². The summed E-state index contributed by atoms with van der Waals surface area (Å²) in [6.07, 6.45) is 16.0. The van der Waals surface area contributed by atoms with E-state index in [0.717, 1.165) is 22.8 Å². The highest BCUT2D eigenvalue weighted by Crippen LogP contribution is 2.08. The zero-order valence-electron chi connectivity index (χ0n) is 12.5. The average molecular weight is 279 g/mol. The number of hydrogen-bond donors (Lipinski definition) is 0. The molecule has 0 radical (unpaired) electrons. The van der Waals surface area contributed by atoms with Crippen LogP contribution in [0.2, 0.25) is 0 Å². The Bertz CT molecular complexity index is 592. The molecule has 0 saturated carbocycles. The number of nitrogens with zero attached hydrogens (tertiary/aromatic N) is 3. The van der Waals surface area contributed by atoms with Crippen molar-refractivity contribution in [3.8, 4) is 0 Å². The van der Waals surface area contributed by atoms with Gasteiger partial charge in [-0.25, -0.2) is 15.0 Å². The van der Waals surface area contributed by atoms with Gasteiger partial charge in [-0.15, -0.1) is 0 Å². The maximum Gasteiger partial charge on any atom is 0.136 e. The maximum atomic E-state index is 4.49. The topological polar surface area (TPSA) is 38.7 Å². The molecule has 1 aromatic rings. The van der Waals surface area contributed by atoms with Crippen molar-refractivity contribution >= 4 is 0 Å². The van der Waals surface area contributed by atoms with Gasteiger partial charge in [0.2, 0.25) is 0 Å². The van der Waals surface area contributed by atoms with E-state index in [1.54, 1.807) is 24.6 Å². The van der Waals surface area contributed by atoms with E-state index in [-0.39, 0.29) is 0 Å². The van der Waals surface area contributed by atoms with Gasteiger partial charge in [0, 0.05) is 12.8 Å². The van der Waals surface area contributed by atoms with Gasteiger partial charge >= 0.3 is 0 Å². The molecule has 0 aliphatic carbocycles. The predicted octanol–water partition coefficient (Wildman–Crippen LogP) is 3.94. The Morgan fingerprint density at radius 2 is 1.57 bits per heavy atom. The zero-order chi connectivity index (χ0) is 15.5. The molecule has 0 spiro atoms. The van der Waals surface area contributed by atoms with E-state index in [4.69, 9.17) is 0 Å². The van der Waals surface area contributed by atoms with E-state index >= 15 is 0 Å². The molecule has 108 valence electrons. The van der Waals surface area contributed by atoms with Crippen molar-refractivity contribution in [2.45, 2.75) is 19.8 Å². The molecule has 0 aliphatic rings. The van der Waals surface area contributed by atoms with Crippen LogP contribution >= 0.6 is 0 Å². The molecule has 0 fully saturated rings. The van der Waals surface area contributed by atoms with Gasteiger partial charge in [0.1, 0.15) is 18.0 Å². The van der Waals surface area contributed by atoms with Crippen molar-refractivity contribution in [1.82, 2.24) is 15.0 Å². The highest BCUT2D eigenvalue weighted by atomic mass is 15.0. The number of rotatable bonds is 8. The lowest BCUT2D eigenvalue weighted by Gasteiger charge is -2.04. The molecule has 1 heterocycles. The van der Waals surface area contributed by atoms with Gasteiger partial charge < -0.3 is 0 Å². The van der Waals surface area contributed by atoms with Crippen LogP contribution in [0.5, 0.6) is 0 Å². The molecule has 3 nitrogen and oxygen atoms in total. The Morgan fingerprint density at radius 3 is 2.10 bits per heavy atom. The van der Waals surface area contributed by atoms with Crippen LogP contribution in [0.25, 0.3) is 0 Å². The van der Waals surface area contributed by atoms with Crippen molar-refractivity contribution in [3.63, 3.8) is 0 Å². The third-order valence-corrected chi connectivity index (χ3v) is 2.70. The second kappa shape index (κ2) is 9.37. The summed E-state index contributed by atoms with van der Waals surface area (Å²) >= 11 is 0. The lowest BCUT2D eigenvalue weighted by atomic mass is 10.1. The van der Waals surface area contributed by atoms with Gasteiger partial charge in [0.05, 0.1) is 0 Å². The minimum absolute atomic E-state index is 0.620. The van der Waals surface area contributed by atoms with E-state index in [1.165, 1.54) is 0 Å². The number of aromatic nitrogens is 3. The van der Waals surface area contributed by atoms with Gasteiger partial charge in [-0.1, -0.05) is 62.3 Å². The fraction of sp³-hybridized carbons (Fsp3) is 0.167. The summed E-state index contributed by atoms with van der Waals surface area (Å²) in [7, 11) is 0. The second-order valence-corrected chi connectivity index (χ2v) is 4.33. The summed E-state index contributed by atoms with van der Waals surface area (Å²) in [5.41, 5.74) is 2.13. The second-order valence-electron chi connectivity index (χ2n) is 4.33. The molecule has 0 atom stereocenters. The molecule has 0 aliphatic heterocycles. The third-order valence-electron chi connectivity index (χ3n) is 2.70. The molecule has 1 rings (SSSR count). The fourth-order valence-electron chi connectivity index (χ4n) is 1.79. The van der Waals surface area contributed by atoms with Crippen LogP contribution in [0.15, 0.2) is 79.7 Å². The summed E-state index contributed by atoms with van der Waals surface area (Å²) in [4.78, 5) is 12.9. The minimum atomic E-state index is 0.620. The van der Waals surface area contributed by atoms with E-state index < -0.39 is 0 Å². The normalized spacial score (nSPS) is 12.4. The summed E-state index contributed by atoms with van der Waals surface area (Å²) < 4.78 is 0. The van der Waals surface area contributed by atoms with E-state index in [1.807, 2.05) is 31.2 Å². The van der Waals surface area contributed by atoms with Crippen LogP contribution in [-0.4, -0.2) is 15.0 Å². The number of allylic oxidation sites excluding steroid dienone is 9. The lowest BCUT2D eigenvalue weighted by molar-refractivity contribution is 0.848. The Kier molecular flexibility index (Phi) is 7.36. The predicted molar refractivity (Wildman–Crippen MR) is 88.8 cm³/mol. The summed E-state index contributed by atoms with van der Waals surface area (Å²) in [6.45, 7) is 13.2. The number of hydrogen-bond acceptors (Lipinski definition) is 3. The smallest absolute Gasteiger partial charge is 0.136 e. The first-order valence-electron chi connectivity index (χ1n) is 6.78. The molecule has 0 unspecified atom stereocenters. The van der Waals surface area contributed by atoms with Crippen LogP contribution < -0.4 is 0 Å². The average Bonchev–Trinajstić information content (AvgIpc) is 2.48. The highest BCUT2D eigenvalue weighted by Gasteiger charge is 2.04.